The van der Waals surface area contributed by atoms with Gasteiger partial charge in [0.15, 0.2) is 10.9 Å². The minimum Gasteiger partial charge on any atom is -0.496 e. The number of thioether (sulfide) groups is 1. The van der Waals surface area contributed by atoms with E-state index in [4.69, 9.17) is 9.47 Å². The molecule has 0 aliphatic rings. The summed E-state index contributed by atoms with van der Waals surface area (Å²) in [5.41, 5.74) is 2.03. The third kappa shape index (κ3) is 5.67. The molecule has 1 aromatic heterocycles. The third-order valence-electron chi connectivity index (χ3n) is 4.64. The molecule has 8 heteroatoms. The fraction of sp³-hybridized carbons (Fsp3) is 0.261. The summed E-state index contributed by atoms with van der Waals surface area (Å²) in [6.07, 6.45) is 0.250. The highest BCUT2D eigenvalue weighted by Crippen LogP contribution is 2.28. The predicted octanol–water partition coefficient (Wildman–Crippen LogP) is 3.97. The molecule has 3 rings (SSSR count). The first-order valence-electron chi connectivity index (χ1n) is 9.75. The third-order valence-corrected chi connectivity index (χ3v) is 5.56. The van der Waals surface area contributed by atoms with Crippen LogP contribution in [0.4, 0.5) is 0 Å². The summed E-state index contributed by atoms with van der Waals surface area (Å²) in [5.74, 6) is 1.45. The molecule has 0 aliphatic carbocycles. The van der Waals surface area contributed by atoms with Gasteiger partial charge >= 0.3 is 0 Å². The van der Waals surface area contributed by atoms with Gasteiger partial charge in [0, 0.05) is 23.3 Å². The van der Waals surface area contributed by atoms with Crippen molar-refractivity contribution in [3.05, 3.63) is 75.1 Å². The number of H-pyrrole nitrogens is 1. The van der Waals surface area contributed by atoms with Gasteiger partial charge in [-0.1, -0.05) is 23.9 Å². The van der Waals surface area contributed by atoms with Gasteiger partial charge < -0.3 is 19.6 Å². The Morgan fingerprint density at radius 1 is 1.19 bits per heavy atom. The molecule has 0 saturated heterocycles. The van der Waals surface area contributed by atoms with Crippen LogP contribution in [0.2, 0.25) is 0 Å². The molecule has 2 N–H and O–H groups in total. The van der Waals surface area contributed by atoms with Gasteiger partial charge in [-0.3, -0.25) is 9.59 Å². The van der Waals surface area contributed by atoms with Gasteiger partial charge in [0.2, 0.25) is 5.88 Å². The fourth-order valence-electron chi connectivity index (χ4n) is 3.02. The van der Waals surface area contributed by atoms with Crippen LogP contribution in [0.25, 0.3) is 0 Å². The molecule has 0 spiro atoms. The van der Waals surface area contributed by atoms with Crippen molar-refractivity contribution in [2.24, 2.45) is 0 Å². The lowest BCUT2D eigenvalue weighted by atomic mass is 10.1. The van der Waals surface area contributed by atoms with Gasteiger partial charge in [-0.05, 0) is 49.7 Å². The Labute approximate surface area is 184 Å². The second kappa shape index (κ2) is 10.2. The summed E-state index contributed by atoms with van der Waals surface area (Å²) in [7, 11) is 1.55. The average molecular weight is 441 g/mol. The number of aromatic amines is 1. The molecule has 162 valence electrons. The molecule has 0 bridgehead atoms. The van der Waals surface area contributed by atoms with E-state index in [0.29, 0.717) is 23.7 Å². The largest absolute Gasteiger partial charge is 0.496 e. The second-order valence-electron chi connectivity index (χ2n) is 6.80. The lowest BCUT2D eigenvalue weighted by Crippen LogP contribution is -2.15. The monoisotopic (exact) mass is 440 g/mol. The van der Waals surface area contributed by atoms with Crippen LogP contribution in [-0.2, 0) is 12.2 Å². The molecule has 0 fully saturated rings. The number of hydrogen-bond acceptors (Lipinski definition) is 7. The lowest BCUT2D eigenvalue weighted by molar-refractivity contribution is 0.101. The smallest absolute Gasteiger partial charge is 0.258 e. The Balaban J connectivity index is 1.75. The van der Waals surface area contributed by atoms with Gasteiger partial charge in [-0.15, -0.1) is 0 Å². The number of carbonyl (C=O) groups is 1. The molecule has 0 saturated carbocycles. The highest BCUT2D eigenvalue weighted by Gasteiger charge is 2.14. The number of hydrogen-bond donors (Lipinski definition) is 2. The molecular weight excluding hydrogens is 416 g/mol. The quantitative estimate of drug-likeness (QED) is 0.295. The number of benzene rings is 2. The molecule has 31 heavy (non-hydrogen) atoms. The zero-order valence-electron chi connectivity index (χ0n) is 17.6. The van der Waals surface area contributed by atoms with Gasteiger partial charge in [-0.2, -0.15) is 4.98 Å². The van der Waals surface area contributed by atoms with Gasteiger partial charge in [0.1, 0.15) is 11.5 Å². The number of carbonyl (C=O) groups excluding carboxylic acids is 1. The van der Waals surface area contributed by atoms with Gasteiger partial charge in [0.05, 0.1) is 19.3 Å². The van der Waals surface area contributed by atoms with E-state index in [9.17, 15) is 14.7 Å². The number of Topliss-reactive ketones (excluding diaryl/α,β-unsaturated/α-hetero) is 1. The zero-order chi connectivity index (χ0) is 22.4. The second-order valence-corrected chi connectivity index (χ2v) is 7.76. The minimum atomic E-state index is -0.395. The Bertz CT molecular complexity index is 1130. The Hall–Kier alpha value is -3.26. The van der Waals surface area contributed by atoms with Crippen molar-refractivity contribution in [1.82, 2.24) is 9.97 Å². The van der Waals surface area contributed by atoms with Crippen LogP contribution < -0.4 is 15.0 Å². The first-order chi connectivity index (χ1) is 14.9. The van der Waals surface area contributed by atoms with Gasteiger partial charge in [0.25, 0.3) is 5.56 Å². The van der Waals surface area contributed by atoms with Crippen molar-refractivity contribution >= 4 is 17.5 Å². The van der Waals surface area contributed by atoms with E-state index in [2.05, 4.69) is 9.97 Å². The first-order valence-corrected chi connectivity index (χ1v) is 10.7. The number of ketones is 1. The van der Waals surface area contributed by atoms with Crippen LogP contribution in [0, 0.1) is 0 Å². The molecular formula is C23H24N2O5S. The van der Waals surface area contributed by atoms with E-state index in [1.165, 1.54) is 18.7 Å². The zero-order valence-corrected chi connectivity index (χ0v) is 18.4. The van der Waals surface area contributed by atoms with E-state index in [1.807, 2.05) is 31.2 Å². The summed E-state index contributed by atoms with van der Waals surface area (Å²) in [5, 5.41) is 10.6. The van der Waals surface area contributed by atoms with E-state index in [0.717, 1.165) is 16.9 Å². The maximum absolute atomic E-state index is 12.5. The lowest BCUT2D eigenvalue weighted by Gasteiger charge is -2.10. The molecule has 3 aromatic rings. The highest BCUT2D eigenvalue weighted by molar-refractivity contribution is 7.98. The summed E-state index contributed by atoms with van der Waals surface area (Å²) < 4.78 is 10.8. The fourth-order valence-corrected chi connectivity index (χ4v) is 3.86. The molecule has 0 amide bonds. The molecule has 0 aliphatic heterocycles. The normalized spacial score (nSPS) is 10.7. The number of ether oxygens (including phenoxy) is 2. The topological polar surface area (TPSA) is 102 Å². The Morgan fingerprint density at radius 3 is 2.55 bits per heavy atom. The van der Waals surface area contributed by atoms with Crippen LogP contribution in [-0.4, -0.2) is 34.6 Å². The molecule has 0 atom stereocenters. The van der Waals surface area contributed by atoms with Crippen molar-refractivity contribution in [2.75, 3.05) is 13.7 Å². The Morgan fingerprint density at radius 2 is 1.94 bits per heavy atom. The molecule has 2 aromatic carbocycles. The standard InChI is InChI=1S/C23H24N2O5S/c1-4-30-18-8-5-15(6-9-18)11-19-21(27)24-23(25-22(19)28)31-13-17-12-16(14(2)26)7-10-20(17)29-3/h5-10,12H,4,11,13H2,1-3H3,(H2,24,25,27,28). The number of aromatic hydroxyl groups is 1. The molecule has 1 heterocycles. The molecule has 7 nitrogen and oxygen atoms in total. The van der Waals surface area contributed by atoms with Crippen molar-refractivity contribution in [1.29, 1.82) is 0 Å². The van der Waals surface area contributed by atoms with Crippen LogP contribution in [0.3, 0.4) is 0 Å². The summed E-state index contributed by atoms with van der Waals surface area (Å²) in [6, 6.07) is 12.5. The van der Waals surface area contributed by atoms with Crippen LogP contribution >= 0.6 is 11.8 Å². The number of aromatic nitrogens is 2. The molecule has 0 unspecified atom stereocenters. The Kier molecular flexibility index (Phi) is 7.36. The van der Waals surface area contributed by atoms with Crippen molar-refractivity contribution in [3.8, 4) is 17.4 Å². The average Bonchev–Trinajstić information content (AvgIpc) is 2.76. The maximum atomic E-state index is 12.5. The van der Waals surface area contributed by atoms with E-state index in [1.54, 1.807) is 25.3 Å². The SMILES string of the molecule is CCOc1ccc(Cc2c(O)nc(SCc3cc(C(C)=O)ccc3OC)[nH]c2=O)cc1. The number of methoxy groups -OCH3 is 1. The summed E-state index contributed by atoms with van der Waals surface area (Å²) in [4.78, 5) is 31.1. The van der Waals surface area contributed by atoms with E-state index >= 15 is 0 Å². The van der Waals surface area contributed by atoms with Crippen molar-refractivity contribution < 1.29 is 19.4 Å². The summed E-state index contributed by atoms with van der Waals surface area (Å²) >= 11 is 1.24. The summed E-state index contributed by atoms with van der Waals surface area (Å²) in [6.45, 7) is 3.99. The number of rotatable bonds is 9. The van der Waals surface area contributed by atoms with Crippen molar-refractivity contribution in [2.45, 2.75) is 31.2 Å². The maximum Gasteiger partial charge on any atom is 0.258 e. The highest BCUT2D eigenvalue weighted by atomic mass is 32.2. The van der Waals surface area contributed by atoms with E-state index < -0.39 is 5.56 Å². The minimum absolute atomic E-state index is 0.0447. The molecule has 0 radical (unpaired) electrons. The van der Waals surface area contributed by atoms with E-state index in [-0.39, 0.29) is 28.8 Å². The van der Waals surface area contributed by atoms with Crippen LogP contribution in [0.15, 0.2) is 52.4 Å². The van der Waals surface area contributed by atoms with Crippen LogP contribution in [0.1, 0.15) is 40.9 Å². The van der Waals surface area contributed by atoms with Gasteiger partial charge in [-0.25, -0.2) is 0 Å². The predicted molar refractivity (Wildman–Crippen MR) is 119 cm³/mol. The number of nitrogens with one attached hydrogen (secondary N) is 1. The van der Waals surface area contributed by atoms with Crippen LogP contribution in [0.5, 0.6) is 17.4 Å². The van der Waals surface area contributed by atoms with Crippen molar-refractivity contribution in [3.63, 3.8) is 0 Å². The number of nitrogens with zero attached hydrogens (tertiary/aromatic N) is 1. The first kappa shape index (κ1) is 22.4.